The van der Waals surface area contributed by atoms with Crippen LogP contribution in [-0.4, -0.2) is 59.6 Å². The average Bonchev–Trinajstić information content (AvgIpc) is 2.59. The minimum Gasteiger partial charge on any atom is -0.352 e. The molecule has 0 aliphatic carbocycles. The summed E-state index contributed by atoms with van der Waals surface area (Å²) in [6.45, 7) is 7.23. The molecule has 0 bridgehead atoms. The summed E-state index contributed by atoms with van der Waals surface area (Å²) in [7, 11) is 0. The van der Waals surface area contributed by atoms with Gasteiger partial charge in [-0.2, -0.15) is 0 Å². The Hall–Kier alpha value is -2.18. The van der Waals surface area contributed by atoms with E-state index >= 15 is 0 Å². The van der Waals surface area contributed by atoms with Crippen molar-refractivity contribution in [3.05, 3.63) is 17.8 Å². The van der Waals surface area contributed by atoms with E-state index in [1.807, 2.05) is 11.0 Å². The molecule has 1 aromatic rings. The minimum absolute atomic E-state index is 0.103. The first-order chi connectivity index (χ1) is 11.1. The quantitative estimate of drug-likeness (QED) is 0.793. The van der Waals surface area contributed by atoms with E-state index in [4.69, 9.17) is 0 Å². The van der Waals surface area contributed by atoms with Crippen molar-refractivity contribution in [2.75, 3.05) is 37.6 Å². The number of carbonyl (C=O) groups excluding carboxylic acids is 2. The zero-order valence-corrected chi connectivity index (χ0v) is 13.9. The van der Waals surface area contributed by atoms with Gasteiger partial charge < -0.3 is 15.1 Å². The molecule has 0 saturated carbocycles. The van der Waals surface area contributed by atoms with Crippen molar-refractivity contribution >= 4 is 17.6 Å². The fraction of sp³-hybridized carbons (Fsp3) is 0.625. The molecule has 1 N–H and O–H groups in total. The summed E-state index contributed by atoms with van der Waals surface area (Å²) in [5.74, 6) is 0.670. The molecule has 0 spiro atoms. The first-order valence-electron chi connectivity index (χ1n) is 8.24. The van der Waals surface area contributed by atoms with Crippen molar-refractivity contribution in [1.29, 1.82) is 0 Å². The van der Waals surface area contributed by atoms with Crippen LogP contribution in [0.4, 0.5) is 5.82 Å². The zero-order valence-electron chi connectivity index (χ0n) is 13.9. The van der Waals surface area contributed by atoms with Gasteiger partial charge in [-0.1, -0.05) is 19.8 Å². The Morgan fingerprint density at radius 3 is 2.43 bits per heavy atom. The predicted molar refractivity (Wildman–Crippen MR) is 88.4 cm³/mol. The van der Waals surface area contributed by atoms with Gasteiger partial charge in [0.05, 0.1) is 0 Å². The number of anilines is 1. The van der Waals surface area contributed by atoms with E-state index in [0.717, 1.165) is 38.2 Å². The molecule has 1 fully saturated rings. The van der Waals surface area contributed by atoms with Crippen LogP contribution in [0.15, 0.2) is 12.1 Å². The number of piperazine rings is 1. The summed E-state index contributed by atoms with van der Waals surface area (Å²) in [6, 6.07) is 3.52. The van der Waals surface area contributed by atoms with Crippen LogP contribution < -0.4 is 10.2 Å². The Morgan fingerprint density at radius 1 is 1.13 bits per heavy atom. The maximum atomic E-state index is 11.9. The number of hydrogen-bond acceptors (Lipinski definition) is 5. The van der Waals surface area contributed by atoms with Gasteiger partial charge in [-0.15, -0.1) is 10.2 Å². The SMILES string of the molecule is CCCCCNC(=O)c1ccc(N2CCN(C(C)=O)CC2)nn1. The molecular weight excluding hydrogens is 294 g/mol. The smallest absolute Gasteiger partial charge is 0.271 e. The lowest BCUT2D eigenvalue weighted by atomic mass is 10.2. The van der Waals surface area contributed by atoms with Gasteiger partial charge in [-0.25, -0.2) is 0 Å². The highest BCUT2D eigenvalue weighted by Crippen LogP contribution is 2.12. The van der Waals surface area contributed by atoms with E-state index in [0.29, 0.717) is 25.3 Å². The minimum atomic E-state index is -0.179. The molecule has 2 heterocycles. The van der Waals surface area contributed by atoms with Crippen LogP contribution in [0.1, 0.15) is 43.6 Å². The lowest BCUT2D eigenvalue weighted by molar-refractivity contribution is -0.129. The molecule has 0 radical (unpaired) electrons. The summed E-state index contributed by atoms with van der Waals surface area (Å²) < 4.78 is 0. The summed E-state index contributed by atoms with van der Waals surface area (Å²) in [4.78, 5) is 27.2. The Labute approximate surface area is 137 Å². The molecule has 0 atom stereocenters. The molecule has 126 valence electrons. The third kappa shape index (κ3) is 4.91. The monoisotopic (exact) mass is 319 g/mol. The Kier molecular flexibility index (Phi) is 6.31. The second-order valence-electron chi connectivity index (χ2n) is 5.73. The van der Waals surface area contributed by atoms with Crippen molar-refractivity contribution in [1.82, 2.24) is 20.4 Å². The first-order valence-corrected chi connectivity index (χ1v) is 8.24. The Bertz CT molecular complexity index is 524. The number of nitrogens with zero attached hydrogens (tertiary/aromatic N) is 4. The van der Waals surface area contributed by atoms with Crippen LogP contribution in [-0.2, 0) is 4.79 Å². The van der Waals surface area contributed by atoms with Crippen molar-refractivity contribution in [2.45, 2.75) is 33.1 Å². The molecule has 1 saturated heterocycles. The molecule has 0 aromatic carbocycles. The fourth-order valence-electron chi connectivity index (χ4n) is 2.53. The Morgan fingerprint density at radius 2 is 1.87 bits per heavy atom. The molecule has 1 aromatic heterocycles. The number of unbranched alkanes of at least 4 members (excludes halogenated alkanes) is 2. The van der Waals surface area contributed by atoms with Crippen LogP contribution in [0.5, 0.6) is 0 Å². The van der Waals surface area contributed by atoms with E-state index < -0.39 is 0 Å². The van der Waals surface area contributed by atoms with E-state index in [9.17, 15) is 9.59 Å². The van der Waals surface area contributed by atoms with Gasteiger partial charge in [-0.05, 0) is 18.6 Å². The number of rotatable bonds is 6. The van der Waals surface area contributed by atoms with Gasteiger partial charge in [0.2, 0.25) is 5.91 Å². The standard InChI is InChI=1S/C16H25N5O2/c1-3-4-5-8-17-16(23)14-6-7-15(19-18-14)21-11-9-20(10-12-21)13(2)22/h6-7H,3-5,8-12H2,1-2H3,(H,17,23). The van der Waals surface area contributed by atoms with Crippen molar-refractivity contribution in [2.24, 2.45) is 0 Å². The second kappa shape index (κ2) is 8.45. The van der Waals surface area contributed by atoms with Crippen LogP contribution >= 0.6 is 0 Å². The van der Waals surface area contributed by atoms with Gasteiger partial charge in [0.15, 0.2) is 11.5 Å². The first kappa shape index (κ1) is 17.2. The number of amides is 2. The van der Waals surface area contributed by atoms with Crippen LogP contribution in [0.3, 0.4) is 0 Å². The summed E-state index contributed by atoms with van der Waals surface area (Å²) in [5, 5.41) is 11.0. The van der Waals surface area contributed by atoms with Crippen molar-refractivity contribution in [3.8, 4) is 0 Å². The maximum Gasteiger partial charge on any atom is 0.271 e. The highest BCUT2D eigenvalue weighted by atomic mass is 16.2. The van der Waals surface area contributed by atoms with Crippen LogP contribution in [0.25, 0.3) is 0 Å². The van der Waals surface area contributed by atoms with Gasteiger partial charge >= 0.3 is 0 Å². The van der Waals surface area contributed by atoms with Crippen LogP contribution in [0.2, 0.25) is 0 Å². The van der Waals surface area contributed by atoms with Gasteiger partial charge in [0, 0.05) is 39.6 Å². The summed E-state index contributed by atoms with van der Waals surface area (Å²) in [6.07, 6.45) is 3.21. The average molecular weight is 319 g/mol. The largest absolute Gasteiger partial charge is 0.352 e. The molecule has 23 heavy (non-hydrogen) atoms. The van der Waals surface area contributed by atoms with Crippen molar-refractivity contribution < 1.29 is 9.59 Å². The third-order valence-electron chi connectivity index (χ3n) is 4.00. The molecule has 7 heteroatoms. The number of aromatic nitrogens is 2. The van der Waals surface area contributed by atoms with E-state index in [1.165, 1.54) is 0 Å². The van der Waals surface area contributed by atoms with Crippen molar-refractivity contribution in [3.63, 3.8) is 0 Å². The topological polar surface area (TPSA) is 78.4 Å². The fourth-order valence-corrected chi connectivity index (χ4v) is 2.53. The number of carbonyl (C=O) groups is 2. The molecule has 1 aliphatic heterocycles. The maximum absolute atomic E-state index is 11.9. The third-order valence-corrected chi connectivity index (χ3v) is 4.00. The lowest BCUT2D eigenvalue weighted by Crippen LogP contribution is -2.48. The molecule has 0 unspecified atom stereocenters. The molecular formula is C16H25N5O2. The highest BCUT2D eigenvalue weighted by Gasteiger charge is 2.20. The summed E-state index contributed by atoms with van der Waals surface area (Å²) >= 11 is 0. The van der Waals surface area contributed by atoms with Gasteiger partial charge in [0.25, 0.3) is 5.91 Å². The molecule has 2 rings (SSSR count). The normalized spacial score (nSPS) is 14.7. The van der Waals surface area contributed by atoms with Crippen LogP contribution in [0, 0.1) is 0 Å². The lowest BCUT2D eigenvalue weighted by Gasteiger charge is -2.34. The molecule has 1 aliphatic rings. The molecule has 2 amide bonds. The predicted octanol–water partition coefficient (Wildman–Crippen LogP) is 1.07. The van der Waals surface area contributed by atoms with E-state index in [-0.39, 0.29) is 11.8 Å². The number of hydrogen-bond donors (Lipinski definition) is 1. The zero-order chi connectivity index (χ0) is 16.7. The number of nitrogens with one attached hydrogen (secondary N) is 1. The van der Waals surface area contributed by atoms with E-state index in [1.54, 1.807) is 13.0 Å². The van der Waals surface area contributed by atoms with Gasteiger partial charge in [-0.3, -0.25) is 9.59 Å². The van der Waals surface area contributed by atoms with E-state index in [2.05, 4.69) is 27.3 Å². The second-order valence-corrected chi connectivity index (χ2v) is 5.73. The van der Waals surface area contributed by atoms with Gasteiger partial charge in [0.1, 0.15) is 0 Å². The molecule has 7 nitrogen and oxygen atoms in total. The summed E-state index contributed by atoms with van der Waals surface area (Å²) in [5.41, 5.74) is 0.340. The Balaban J connectivity index is 1.85. The highest BCUT2D eigenvalue weighted by molar-refractivity contribution is 5.92.